The summed E-state index contributed by atoms with van der Waals surface area (Å²) in [5, 5.41) is 9.98. The fraction of sp³-hybridized carbons (Fsp3) is 0.476. The summed E-state index contributed by atoms with van der Waals surface area (Å²) in [5.74, 6) is -0.192. The molecule has 2 aromatic rings. The van der Waals surface area contributed by atoms with Gasteiger partial charge in [0.15, 0.2) is 0 Å². The van der Waals surface area contributed by atoms with E-state index in [1.807, 2.05) is 24.8 Å². The van der Waals surface area contributed by atoms with Gasteiger partial charge in [-0.3, -0.25) is 9.78 Å². The van der Waals surface area contributed by atoms with Gasteiger partial charge in [0.25, 0.3) is 0 Å². The van der Waals surface area contributed by atoms with E-state index >= 15 is 0 Å². The number of carbonyl (C=O) groups excluding carboxylic acids is 1. The number of amides is 1. The standard InChI is InChI=1S/C21H27N3O4/c1-12(2)20(25)24-9-5-6-14(10-24)11-28-16-8-4-7-15-18(16)19(22)17(21(26)27)13(3)23-15/h4,7-8,12,14H,5-6,9-11H2,1-3H3,(H2,22,23)(H,26,27). The number of aryl methyl sites for hydroxylation is 1. The molecular weight excluding hydrogens is 358 g/mol. The number of likely N-dealkylation sites (tertiary alicyclic amines) is 1. The van der Waals surface area contributed by atoms with E-state index in [2.05, 4.69) is 4.98 Å². The van der Waals surface area contributed by atoms with Gasteiger partial charge in [-0.05, 0) is 31.9 Å². The Balaban J connectivity index is 1.82. The molecule has 0 bridgehead atoms. The quantitative estimate of drug-likeness (QED) is 0.819. The molecule has 1 aliphatic rings. The number of fused-ring (bicyclic) bond motifs is 1. The van der Waals surface area contributed by atoms with Crippen molar-refractivity contribution in [3.05, 3.63) is 29.5 Å². The van der Waals surface area contributed by atoms with Crippen LogP contribution in [-0.4, -0.2) is 46.6 Å². The van der Waals surface area contributed by atoms with E-state index < -0.39 is 5.97 Å². The number of rotatable bonds is 5. The smallest absolute Gasteiger partial charge is 0.339 e. The summed E-state index contributed by atoms with van der Waals surface area (Å²) >= 11 is 0. The van der Waals surface area contributed by atoms with E-state index in [4.69, 9.17) is 10.5 Å². The number of nitrogens with zero attached hydrogens (tertiary/aromatic N) is 2. The van der Waals surface area contributed by atoms with Gasteiger partial charge in [0.1, 0.15) is 11.3 Å². The summed E-state index contributed by atoms with van der Waals surface area (Å²) in [5.41, 5.74) is 7.34. The number of carboxylic acids is 1. The lowest BCUT2D eigenvalue weighted by atomic mass is 9.97. The number of hydrogen-bond acceptors (Lipinski definition) is 5. The zero-order valence-electron chi connectivity index (χ0n) is 16.6. The lowest BCUT2D eigenvalue weighted by Crippen LogP contribution is -2.43. The molecular formula is C21H27N3O4. The van der Waals surface area contributed by atoms with Crippen molar-refractivity contribution >= 4 is 28.5 Å². The van der Waals surface area contributed by atoms with Gasteiger partial charge in [-0.25, -0.2) is 4.79 Å². The maximum absolute atomic E-state index is 12.3. The number of aromatic nitrogens is 1. The van der Waals surface area contributed by atoms with Crippen LogP contribution in [0.1, 0.15) is 42.7 Å². The van der Waals surface area contributed by atoms with Gasteiger partial charge in [-0.1, -0.05) is 19.9 Å². The third-order valence-corrected chi connectivity index (χ3v) is 5.21. The number of anilines is 1. The summed E-state index contributed by atoms with van der Waals surface area (Å²) in [7, 11) is 0. The van der Waals surface area contributed by atoms with Crippen LogP contribution in [-0.2, 0) is 4.79 Å². The van der Waals surface area contributed by atoms with E-state index in [0.717, 1.165) is 19.4 Å². The van der Waals surface area contributed by atoms with Gasteiger partial charge in [0, 0.05) is 24.9 Å². The first-order valence-corrected chi connectivity index (χ1v) is 9.63. The van der Waals surface area contributed by atoms with Crippen molar-refractivity contribution in [1.29, 1.82) is 0 Å². The first-order valence-electron chi connectivity index (χ1n) is 9.63. The van der Waals surface area contributed by atoms with Crippen LogP contribution in [0.25, 0.3) is 10.9 Å². The summed E-state index contributed by atoms with van der Waals surface area (Å²) < 4.78 is 6.05. The molecule has 1 saturated heterocycles. The minimum atomic E-state index is -1.10. The van der Waals surface area contributed by atoms with Gasteiger partial charge < -0.3 is 20.5 Å². The van der Waals surface area contributed by atoms with E-state index in [0.29, 0.717) is 35.5 Å². The van der Waals surface area contributed by atoms with Gasteiger partial charge >= 0.3 is 5.97 Å². The molecule has 7 nitrogen and oxygen atoms in total. The normalized spacial score (nSPS) is 17.1. The van der Waals surface area contributed by atoms with Crippen molar-refractivity contribution in [1.82, 2.24) is 9.88 Å². The lowest BCUT2D eigenvalue weighted by Gasteiger charge is -2.33. The van der Waals surface area contributed by atoms with Gasteiger partial charge in [-0.2, -0.15) is 0 Å². The number of carboxylic acid groups (broad SMARTS) is 1. The largest absolute Gasteiger partial charge is 0.492 e. The number of pyridine rings is 1. The third kappa shape index (κ3) is 3.88. The molecule has 1 aromatic carbocycles. The number of nitrogens with two attached hydrogens (primary N) is 1. The summed E-state index contributed by atoms with van der Waals surface area (Å²) in [4.78, 5) is 30.1. The highest BCUT2D eigenvalue weighted by atomic mass is 16.5. The number of piperidine rings is 1. The fourth-order valence-corrected chi connectivity index (χ4v) is 3.80. The highest BCUT2D eigenvalue weighted by Crippen LogP contribution is 2.34. The van der Waals surface area contributed by atoms with Crippen LogP contribution < -0.4 is 10.5 Å². The molecule has 3 rings (SSSR count). The maximum atomic E-state index is 12.3. The molecule has 1 atom stereocenters. The minimum Gasteiger partial charge on any atom is -0.492 e. The fourth-order valence-electron chi connectivity index (χ4n) is 3.80. The molecule has 1 aromatic heterocycles. The minimum absolute atomic E-state index is 0.00919. The summed E-state index contributed by atoms with van der Waals surface area (Å²) in [6.45, 7) is 7.37. The predicted octanol–water partition coefficient (Wildman–Crippen LogP) is 3.10. The van der Waals surface area contributed by atoms with Crippen LogP contribution in [0.15, 0.2) is 18.2 Å². The second-order valence-corrected chi connectivity index (χ2v) is 7.70. The van der Waals surface area contributed by atoms with E-state index in [1.54, 1.807) is 19.1 Å². The Labute approximate surface area is 164 Å². The van der Waals surface area contributed by atoms with Crippen LogP contribution in [0.5, 0.6) is 5.75 Å². The lowest BCUT2D eigenvalue weighted by molar-refractivity contribution is -0.136. The van der Waals surface area contributed by atoms with Crippen molar-refractivity contribution in [3.63, 3.8) is 0 Å². The second kappa shape index (κ2) is 8.04. The van der Waals surface area contributed by atoms with Crippen LogP contribution >= 0.6 is 0 Å². The Morgan fingerprint density at radius 1 is 1.39 bits per heavy atom. The zero-order valence-corrected chi connectivity index (χ0v) is 16.6. The number of nitrogen functional groups attached to an aromatic ring is 1. The Bertz CT molecular complexity index is 910. The molecule has 7 heteroatoms. The molecule has 3 N–H and O–H groups in total. The Kier molecular flexibility index (Phi) is 5.72. The average Bonchev–Trinajstić information content (AvgIpc) is 2.65. The van der Waals surface area contributed by atoms with Gasteiger partial charge in [0.05, 0.1) is 28.9 Å². The molecule has 1 fully saturated rings. The molecule has 0 spiro atoms. The van der Waals surface area contributed by atoms with Crippen LogP contribution in [0, 0.1) is 18.8 Å². The molecule has 0 saturated carbocycles. The number of aromatic carboxylic acids is 1. The van der Waals surface area contributed by atoms with Crippen molar-refractivity contribution < 1.29 is 19.4 Å². The topological polar surface area (TPSA) is 106 Å². The van der Waals surface area contributed by atoms with Crippen molar-refractivity contribution in [2.45, 2.75) is 33.6 Å². The maximum Gasteiger partial charge on any atom is 0.339 e. The first kappa shape index (κ1) is 19.9. The SMILES string of the molecule is Cc1nc2cccc(OCC3CCCN(C(=O)C(C)C)C3)c2c(N)c1C(=O)O. The van der Waals surface area contributed by atoms with Crippen LogP contribution in [0.3, 0.4) is 0 Å². The van der Waals surface area contributed by atoms with Crippen LogP contribution in [0.4, 0.5) is 5.69 Å². The number of carbonyl (C=O) groups is 2. The highest BCUT2D eigenvalue weighted by Gasteiger charge is 2.26. The molecule has 1 unspecified atom stereocenters. The number of benzene rings is 1. The molecule has 0 aliphatic carbocycles. The van der Waals surface area contributed by atoms with Crippen molar-refractivity contribution in [3.8, 4) is 5.75 Å². The molecule has 0 radical (unpaired) electrons. The summed E-state index contributed by atoms with van der Waals surface area (Å²) in [6, 6.07) is 5.39. The molecule has 150 valence electrons. The molecule has 1 aliphatic heterocycles. The predicted molar refractivity (Wildman–Crippen MR) is 107 cm³/mol. The average molecular weight is 385 g/mol. The van der Waals surface area contributed by atoms with Crippen molar-refractivity contribution in [2.24, 2.45) is 11.8 Å². The third-order valence-electron chi connectivity index (χ3n) is 5.21. The summed E-state index contributed by atoms with van der Waals surface area (Å²) in [6.07, 6.45) is 1.94. The highest BCUT2D eigenvalue weighted by molar-refractivity contribution is 6.06. The Morgan fingerprint density at radius 2 is 2.14 bits per heavy atom. The molecule has 2 heterocycles. The Hall–Kier alpha value is -2.83. The Morgan fingerprint density at radius 3 is 2.82 bits per heavy atom. The van der Waals surface area contributed by atoms with E-state index in [-0.39, 0.29) is 29.0 Å². The molecule has 28 heavy (non-hydrogen) atoms. The van der Waals surface area contributed by atoms with Gasteiger partial charge in [-0.15, -0.1) is 0 Å². The van der Waals surface area contributed by atoms with E-state index in [9.17, 15) is 14.7 Å². The zero-order chi connectivity index (χ0) is 20.4. The van der Waals surface area contributed by atoms with Crippen LogP contribution in [0.2, 0.25) is 0 Å². The number of ether oxygens (including phenoxy) is 1. The second-order valence-electron chi connectivity index (χ2n) is 7.70. The monoisotopic (exact) mass is 385 g/mol. The van der Waals surface area contributed by atoms with Gasteiger partial charge in [0.2, 0.25) is 5.91 Å². The first-order chi connectivity index (χ1) is 13.3. The number of hydrogen-bond donors (Lipinski definition) is 2. The molecule has 1 amide bonds. The van der Waals surface area contributed by atoms with Crippen molar-refractivity contribution in [2.75, 3.05) is 25.4 Å². The van der Waals surface area contributed by atoms with E-state index in [1.165, 1.54) is 0 Å².